The van der Waals surface area contributed by atoms with E-state index in [-0.39, 0.29) is 0 Å². The molecule has 1 aliphatic rings. The van der Waals surface area contributed by atoms with Crippen molar-refractivity contribution in [3.05, 3.63) is 42.2 Å². The van der Waals surface area contributed by atoms with Gasteiger partial charge in [-0.25, -0.2) is 0 Å². The first-order chi connectivity index (χ1) is 9.71. The predicted molar refractivity (Wildman–Crippen MR) is 79.4 cm³/mol. The molecule has 1 aromatic carbocycles. The molecule has 3 nitrogen and oxygen atoms in total. The molecule has 0 aliphatic heterocycles. The average Bonchev–Trinajstić information content (AvgIpc) is 2.72. The Morgan fingerprint density at radius 1 is 1.05 bits per heavy atom. The molecular weight excluding hydrogens is 250 g/mol. The van der Waals surface area contributed by atoms with E-state index in [1.54, 1.807) is 12.4 Å². The predicted octanol–water partition coefficient (Wildman–Crippen LogP) is 3.35. The topological polar surface area (TPSA) is 53.4 Å². The van der Waals surface area contributed by atoms with E-state index in [0.29, 0.717) is 12.8 Å². The standard InChI is InChI=1S/C17H21NO2/c19-16(17(20)9-3-1-2-4-10-17)14-7-5-6-13-8-11-18-12-15(13)14/h5-8,11-12,16,19-20H,1-4,9-10H2. The molecule has 1 aromatic heterocycles. The van der Waals surface area contributed by atoms with Crippen molar-refractivity contribution in [2.45, 2.75) is 50.2 Å². The Morgan fingerprint density at radius 3 is 2.55 bits per heavy atom. The van der Waals surface area contributed by atoms with Crippen LogP contribution in [-0.2, 0) is 0 Å². The molecule has 0 amide bonds. The second kappa shape index (κ2) is 5.51. The number of hydrogen-bond donors (Lipinski definition) is 2. The lowest BCUT2D eigenvalue weighted by Crippen LogP contribution is -2.35. The van der Waals surface area contributed by atoms with Gasteiger partial charge in [-0.1, -0.05) is 43.9 Å². The first-order valence-electron chi connectivity index (χ1n) is 7.44. The van der Waals surface area contributed by atoms with E-state index in [1.807, 2.05) is 24.3 Å². The zero-order valence-corrected chi connectivity index (χ0v) is 11.6. The number of aliphatic hydroxyl groups is 2. The van der Waals surface area contributed by atoms with E-state index in [9.17, 15) is 10.2 Å². The van der Waals surface area contributed by atoms with Crippen molar-refractivity contribution < 1.29 is 10.2 Å². The summed E-state index contributed by atoms with van der Waals surface area (Å²) in [6.07, 6.45) is 8.28. The molecule has 2 aromatic rings. The van der Waals surface area contributed by atoms with E-state index < -0.39 is 11.7 Å². The van der Waals surface area contributed by atoms with Crippen LogP contribution in [0.3, 0.4) is 0 Å². The van der Waals surface area contributed by atoms with Gasteiger partial charge in [0, 0.05) is 17.8 Å². The van der Waals surface area contributed by atoms with E-state index in [4.69, 9.17) is 0 Å². The molecule has 1 heterocycles. The lowest BCUT2D eigenvalue weighted by Gasteiger charge is -2.33. The van der Waals surface area contributed by atoms with Gasteiger partial charge in [-0.15, -0.1) is 0 Å². The van der Waals surface area contributed by atoms with Crippen LogP contribution in [0.2, 0.25) is 0 Å². The highest BCUT2D eigenvalue weighted by Crippen LogP contribution is 2.39. The van der Waals surface area contributed by atoms with Crippen molar-refractivity contribution in [1.29, 1.82) is 0 Å². The molecule has 0 spiro atoms. The van der Waals surface area contributed by atoms with Crippen LogP contribution in [0.15, 0.2) is 36.7 Å². The fourth-order valence-corrected chi connectivity index (χ4v) is 3.28. The summed E-state index contributed by atoms with van der Waals surface area (Å²) < 4.78 is 0. The summed E-state index contributed by atoms with van der Waals surface area (Å²) in [5.41, 5.74) is -0.208. The van der Waals surface area contributed by atoms with E-state index in [0.717, 1.165) is 42.0 Å². The Labute approximate surface area is 119 Å². The number of pyridine rings is 1. The Balaban J connectivity index is 2.01. The SMILES string of the molecule is OC(c1cccc2ccncc12)C1(O)CCCCCC1. The largest absolute Gasteiger partial charge is 0.387 e. The zero-order chi connectivity index (χ0) is 14.0. The molecule has 0 bridgehead atoms. The van der Waals surface area contributed by atoms with Gasteiger partial charge in [-0.05, 0) is 29.9 Å². The van der Waals surface area contributed by atoms with Crippen LogP contribution in [0.4, 0.5) is 0 Å². The quantitative estimate of drug-likeness (QED) is 0.824. The molecule has 3 rings (SSSR count). The summed E-state index contributed by atoms with van der Waals surface area (Å²) in [6, 6.07) is 7.77. The van der Waals surface area contributed by atoms with Crippen molar-refractivity contribution in [3.63, 3.8) is 0 Å². The third-order valence-electron chi connectivity index (χ3n) is 4.49. The molecule has 2 N–H and O–H groups in total. The van der Waals surface area contributed by atoms with Crippen LogP contribution in [0.5, 0.6) is 0 Å². The van der Waals surface area contributed by atoms with Gasteiger partial charge in [0.25, 0.3) is 0 Å². The first kappa shape index (κ1) is 13.5. The van der Waals surface area contributed by atoms with Gasteiger partial charge in [0.1, 0.15) is 6.10 Å². The van der Waals surface area contributed by atoms with Crippen LogP contribution in [-0.4, -0.2) is 20.8 Å². The summed E-state index contributed by atoms with van der Waals surface area (Å²) in [6.45, 7) is 0. The first-order valence-corrected chi connectivity index (χ1v) is 7.44. The van der Waals surface area contributed by atoms with Gasteiger partial charge in [0.2, 0.25) is 0 Å². The minimum absolute atomic E-state index is 0.671. The van der Waals surface area contributed by atoms with Crippen LogP contribution in [0.25, 0.3) is 10.8 Å². The fraction of sp³-hybridized carbons (Fsp3) is 0.471. The molecule has 1 saturated carbocycles. The summed E-state index contributed by atoms with van der Waals surface area (Å²) in [4.78, 5) is 4.15. The van der Waals surface area contributed by atoms with Crippen molar-refractivity contribution in [2.24, 2.45) is 0 Å². The highest BCUT2D eigenvalue weighted by molar-refractivity contribution is 5.85. The lowest BCUT2D eigenvalue weighted by molar-refractivity contribution is -0.0861. The van der Waals surface area contributed by atoms with Crippen LogP contribution in [0, 0.1) is 0 Å². The molecule has 20 heavy (non-hydrogen) atoms. The molecular formula is C17H21NO2. The van der Waals surface area contributed by atoms with E-state index in [2.05, 4.69) is 4.98 Å². The number of aromatic nitrogens is 1. The van der Waals surface area contributed by atoms with Crippen LogP contribution in [0.1, 0.15) is 50.2 Å². The lowest BCUT2D eigenvalue weighted by atomic mass is 9.83. The van der Waals surface area contributed by atoms with Crippen molar-refractivity contribution in [1.82, 2.24) is 4.98 Å². The van der Waals surface area contributed by atoms with Gasteiger partial charge >= 0.3 is 0 Å². The molecule has 0 saturated heterocycles. The molecule has 106 valence electrons. The Morgan fingerprint density at radius 2 is 1.80 bits per heavy atom. The summed E-state index contributed by atoms with van der Waals surface area (Å²) in [7, 11) is 0. The number of rotatable bonds is 2. The number of hydrogen-bond acceptors (Lipinski definition) is 3. The second-order valence-electron chi connectivity index (χ2n) is 5.86. The third kappa shape index (κ3) is 2.43. The maximum absolute atomic E-state index is 10.9. The molecule has 0 radical (unpaired) electrons. The fourth-order valence-electron chi connectivity index (χ4n) is 3.28. The Bertz CT molecular complexity index is 583. The molecule has 1 unspecified atom stereocenters. The van der Waals surface area contributed by atoms with Crippen LogP contribution < -0.4 is 0 Å². The monoisotopic (exact) mass is 271 g/mol. The maximum atomic E-state index is 10.9. The third-order valence-corrected chi connectivity index (χ3v) is 4.49. The highest BCUT2D eigenvalue weighted by atomic mass is 16.3. The second-order valence-corrected chi connectivity index (χ2v) is 5.86. The number of fused-ring (bicyclic) bond motifs is 1. The summed E-state index contributed by atoms with van der Waals surface area (Å²) >= 11 is 0. The Hall–Kier alpha value is -1.45. The van der Waals surface area contributed by atoms with E-state index in [1.165, 1.54) is 0 Å². The zero-order valence-electron chi connectivity index (χ0n) is 11.6. The Kier molecular flexibility index (Phi) is 3.72. The van der Waals surface area contributed by atoms with Gasteiger partial charge < -0.3 is 10.2 Å². The summed E-state index contributed by atoms with van der Waals surface area (Å²) in [5, 5.41) is 23.6. The smallest absolute Gasteiger partial charge is 0.108 e. The van der Waals surface area contributed by atoms with Gasteiger partial charge in [0.05, 0.1) is 5.60 Å². The number of nitrogens with zero attached hydrogens (tertiary/aromatic N) is 1. The average molecular weight is 271 g/mol. The van der Waals surface area contributed by atoms with E-state index >= 15 is 0 Å². The maximum Gasteiger partial charge on any atom is 0.108 e. The number of benzene rings is 1. The molecule has 3 heteroatoms. The van der Waals surface area contributed by atoms with Crippen LogP contribution >= 0.6 is 0 Å². The normalized spacial score (nSPS) is 20.5. The highest BCUT2D eigenvalue weighted by Gasteiger charge is 2.37. The molecule has 1 atom stereocenters. The minimum Gasteiger partial charge on any atom is -0.387 e. The minimum atomic E-state index is -0.999. The van der Waals surface area contributed by atoms with Crippen molar-refractivity contribution >= 4 is 10.8 Å². The molecule has 1 aliphatic carbocycles. The van der Waals surface area contributed by atoms with Crippen molar-refractivity contribution in [2.75, 3.05) is 0 Å². The molecule has 1 fully saturated rings. The van der Waals surface area contributed by atoms with Gasteiger partial charge in [0.15, 0.2) is 0 Å². The number of aliphatic hydroxyl groups excluding tert-OH is 1. The summed E-state index contributed by atoms with van der Waals surface area (Å²) in [5.74, 6) is 0. The van der Waals surface area contributed by atoms with Crippen molar-refractivity contribution in [3.8, 4) is 0 Å². The van der Waals surface area contributed by atoms with Gasteiger partial charge in [-0.3, -0.25) is 4.98 Å². The van der Waals surface area contributed by atoms with Gasteiger partial charge in [-0.2, -0.15) is 0 Å².